The minimum absolute atomic E-state index is 0.00725. The summed E-state index contributed by atoms with van der Waals surface area (Å²) in [6.45, 7) is -0.146. The minimum Gasteiger partial charge on any atom is -0.478 e. The summed E-state index contributed by atoms with van der Waals surface area (Å²) >= 11 is 0. The first-order valence-electron chi connectivity index (χ1n) is 7.21. The maximum atomic E-state index is 13.1. The summed E-state index contributed by atoms with van der Waals surface area (Å²) in [7, 11) is 0. The molecule has 9 heteroatoms. The van der Waals surface area contributed by atoms with Crippen molar-refractivity contribution in [3.63, 3.8) is 0 Å². The molecule has 1 heterocycles. The van der Waals surface area contributed by atoms with Gasteiger partial charge < -0.3 is 20.3 Å². The van der Waals surface area contributed by atoms with Crippen LogP contribution in [0.25, 0.3) is 0 Å². The van der Waals surface area contributed by atoms with E-state index in [1.165, 1.54) is 0 Å². The molecule has 2 rings (SSSR count). The highest BCUT2D eigenvalue weighted by atomic mass is 19.4. The van der Waals surface area contributed by atoms with Crippen LogP contribution in [0, 0.1) is 0 Å². The normalized spacial score (nSPS) is 20.8. The highest BCUT2D eigenvalue weighted by molar-refractivity contribution is 5.97. The number of carboxylic acid groups (broad SMARTS) is 1. The van der Waals surface area contributed by atoms with Crippen LogP contribution in [-0.4, -0.2) is 47.4 Å². The standard InChI is InChI=1S/C15H16F3NO5/c16-15(17,18)12-5-8(14(22)23)1-4-11(12)13(21)19-6-9-2-3-10(7-20)24-9/h1,4-5,9-10,20H,2-3,6-7H2,(H,19,21)(H,22,23)/t9-,10+/m1/s1. The van der Waals surface area contributed by atoms with Gasteiger partial charge in [0.25, 0.3) is 5.91 Å². The second-order valence-electron chi connectivity index (χ2n) is 5.41. The van der Waals surface area contributed by atoms with Crippen molar-refractivity contribution in [2.45, 2.75) is 31.2 Å². The van der Waals surface area contributed by atoms with Crippen molar-refractivity contribution in [3.8, 4) is 0 Å². The Morgan fingerprint density at radius 3 is 2.46 bits per heavy atom. The average molecular weight is 347 g/mol. The van der Waals surface area contributed by atoms with E-state index < -0.39 is 34.7 Å². The summed E-state index contributed by atoms with van der Waals surface area (Å²) in [6, 6.07) is 2.22. The van der Waals surface area contributed by atoms with Crippen LogP contribution in [0.4, 0.5) is 13.2 Å². The van der Waals surface area contributed by atoms with Crippen LogP contribution >= 0.6 is 0 Å². The van der Waals surface area contributed by atoms with Crippen molar-refractivity contribution < 1.29 is 37.7 Å². The fraction of sp³-hybridized carbons (Fsp3) is 0.467. The third-order valence-electron chi connectivity index (χ3n) is 3.71. The number of carbonyl (C=O) groups excluding carboxylic acids is 1. The van der Waals surface area contributed by atoms with E-state index in [9.17, 15) is 22.8 Å². The van der Waals surface area contributed by atoms with Gasteiger partial charge in [-0.05, 0) is 31.0 Å². The lowest BCUT2D eigenvalue weighted by Crippen LogP contribution is -2.33. The lowest BCUT2D eigenvalue weighted by atomic mass is 10.0. The first-order valence-corrected chi connectivity index (χ1v) is 7.21. The first kappa shape index (κ1) is 18.2. The highest BCUT2D eigenvalue weighted by Crippen LogP contribution is 2.33. The van der Waals surface area contributed by atoms with Crippen LogP contribution < -0.4 is 5.32 Å². The zero-order valence-electron chi connectivity index (χ0n) is 12.5. The quantitative estimate of drug-likeness (QED) is 0.753. The van der Waals surface area contributed by atoms with Gasteiger partial charge in [0.1, 0.15) is 0 Å². The Bertz CT molecular complexity index is 632. The Kier molecular flexibility index (Phi) is 5.45. The lowest BCUT2D eigenvalue weighted by molar-refractivity contribution is -0.137. The molecule has 0 spiro atoms. The summed E-state index contributed by atoms with van der Waals surface area (Å²) in [4.78, 5) is 22.9. The molecule has 3 N–H and O–H groups in total. The van der Waals surface area contributed by atoms with Gasteiger partial charge in [-0.25, -0.2) is 4.79 Å². The molecular formula is C15H16F3NO5. The number of hydrogen-bond acceptors (Lipinski definition) is 4. The summed E-state index contributed by atoms with van der Waals surface area (Å²) in [5, 5.41) is 20.1. The van der Waals surface area contributed by atoms with Crippen LogP contribution in [0.5, 0.6) is 0 Å². The fourth-order valence-electron chi connectivity index (χ4n) is 2.48. The van der Waals surface area contributed by atoms with Crippen LogP contribution in [-0.2, 0) is 10.9 Å². The van der Waals surface area contributed by atoms with E-state index in [0.29, 0.717) is 18.9 Å². The van der Waals surface area contributed by atoms with Crippen molar-refractivity contribution in [1.82, 2.24) is 5.32 Å². The van der Waals surface area contributed by atoms with Crippen LogP contribution in [0.15, 0.2) is 18.2 Å². The van der Waals surface area contributed by atoms with Gasteiger partial charge in [0.05, 0.1) is 35.5 Å². The summed E-state index contributed by atoms with van der Waals surface area (Å²) in [6.07, 6.45) is -4.37. The molecule has 1 aromatic rings. The van der Waals surface area contributed by atoms with Crippen molar-refractivity contribution >= 4 is 11.9 Å². The van der Waals surface area contributed by atoms with Gasteiger partial charge in [-0.2, -0.15) is 13.2 Å². The Balaban J connectivity index is 2.12. The monoisotopic (exact) mass is 347 g/mol. The topological polar surface area (TPSA) is 95.9 Å². The van der Waals surface area contributed by atoms with E-state index in [-0.39, 0.29) is 25.4 Å². The number of carbonyl (C=O) groups is 2. The molecule has 132 valence electrons. The molecule has 1 amide bonds. The van der Waals surface area contributed by atoms with Gasteiger partial charge in [-0.1, -0.05) is 0 Å². The summed E-state index contributed by atoms with van der Waals surface area (Å²) in [5.74, 6) is -2.47. The lowest BCUT2D eigenvalue weighted by Gasteiger charge is -2.16. The molecule has 0 aliphatic carbocycles. The molecule has 0 unspecified atom stereocenters. The number of rotatable bonds is 5. The van der Waals surface area contributed by atoms with E-state index in [4.69, 9.17) is 14.9 Å². The van der Waals surface area contributed by atoms with Gasteiger partial charge in [-0.15, -0.1) is 0 Å². The zero-order chi connectivity index (χ0) is 17.9. The average Bonchev–Trinajstić information content (AvgIpc) is 2.99. The first-order chi connectivity index (χ1) is 11.2. The molecule has 1 fully saturated rings. The maximum absolute atomic E-state index is 13.1. The number of alkyl halides is 3. The molecule has 6 nitrogen and oxygen atoms in total. The third kappa shape index (κ3) is 4.24. The van der Waals surface area contributed by atoms with Crippen LogP contribution in [0.2, 0.25) is 0 Å². The van der Waals surface area contributed by atoms with E-state index in [1.54, 1.807) is 0 Å². The van der Waals surface area contributed by atoms with Crippen LogP contribution in [0.1, 0.15) is 39.1 Å². The van der Waals surface area contributed by atoms with Gasteiger partial charge in [0, 0.05) is 6.54 Å². The molecule has 1 saturated heterocycles. The van der Waals surface area contributed by atoms with E-state index in [1.807, 2.05) is 0 Å². The molecule has 0 saturated carbocycles. The largest absolute Gasteiger partial charge is 0.478 e. The number of aliphatic hydroxyl groups excluding tert-OH is 1. The van der Waals surface area contributed by atoms with Gasteiger partial charge in [0.15, 0.2) is 0 Å². The Hall–Kier alpha value is -2.13. The second-order valence-corrected chi connectivity index (χ2v) is 5.41. The van der Waals surface area contributed by atoms with Crippen molar-refractivity contribution in [2.75, 3.05) is 13.2 Å². The van der Waals surface area contributed by atoms with Gasteiger partial charge >= 0.3 is 12.1 Å². The second kappa shape index (κ2) is 7.18. The molecule has 24 heavy (non-hydrogen) atoms. The summed E-state index contributed by atoms with van der Waals surface area (Å²) < 4.78 is 44.6. The van der Waals surface area contributed by atoms with E-state index >= 15 is 0 Å². The number of aromatic carboxylic acids is 1. The van der Waals surface area contributed by atoms with Gasteiger partial charge in [0.2, 0.25) is 0 Å². The molecular weight excluding hydrogens is 331 g/mol. The number of hydrogen-bond donors (Lipinski definition) is 3. The Morgan fingerprint density at radius 1 is 1.25 bits per heavy atom. The van der Waals surface area contributed by atoms with Crippen LogP contribution in [0.3, 0.4) is 0 Å². The molecule has 0 aromatic heterocycles. The third-order valence-corrected chi connectivity index (χ3v) is 3.71. The number of aliphatic hydroxyl groups is 1. The Labute approximate surface area is 135 Å². The van der Waals surface area contributed by atoms with E-state index in [0.717, 1.165) is 12.1 Å². The van der Waals surface area contributed by atoms with Crippen molar-refractivity contribution in [3.05, 3.63) is 34.9 Å². The number of amides is 1. The summed E-state index contributed by atoms with van der Waals surface area (Å²) in [5.41, 5.74) is -2.51. The smallest absolute Gasteiger partial charge is 0.417 e. The number of benzene rings is 1. The molecule has 1 aliphatic heterocycles. The predicted octanol–water partition coefficient (Wildman–Crippen LogP) is 1.67. The highest BCUT2D eigenvalue weighted by Gasteiger charge is 2.36. The fourth-order valence-corrected chi connectivity index (χ4v) is 2.48. The molecule has 1 aliphatic rings. The molecule has 0 radical (unpaired) electrons. The molecule has 1 aromatic carbocycles. The molecule has 2 atom stereocenters. The Morgan fingerprint density at radius 2 is 1.92 bits per heavy atom. The van der Waals surface area contributed by atoms with Crippen molar-refractivity contribution in [1.29, 1.82) is 0 Å². The SMILES string of the molecule is O=C(O)c1ccc(C(=O)NC[C@H]2CC[C@@H](CO)O2)c(C(F)(F)F)c1. The number of ether oxygens (including phenoxy) is 1. The minimum atomic E-state index is -4.86. The predicted molar refractivity (Wildman–Crippen MR) is 75.7 cm³/mol. The zero-order valence-corrected chi connectivity index (χ0v) is 12.5. The maximum Gasteiger partial charge on any atom is 0.417 e. The number of carboxylic acids is 1. The van der Waals surface area contributed by atoms with E-state index in [2.05, 4.69) is 5.32 Å². The number of halogens is 3. The van der Waals surface area contributed by atoms with Crippen molar-refractivity contribution in [2.24, 2.45) is 0 Å². The van der Waals surface area contributed by atoms with Gasteiger partial charge in [-0.3, -0.25) is 4.79 Å². The molecule has 0 bridgehead atoms. The number of nitrogens with one attached hydrogen (secondary N) is 1.